The number of aromatic nitrogens is 3. The van der Waals surface area contributed by atoms with E-state index in [1.807, 2.05) is 35.0 Å². The van der Waals surface area contributed by atoms with E-state index >= 15 is 0 Å². The lowest BCUT2D eigenvalue weighted by Crippen LogP contribution is -2.36. The van der Waals surface area contributed by atoms with E-state index in [-0.39, 0.29) is 22.9 Å². The lowest BCUT2D eigenvalue weighted by atomic mass is 9.73. The molecule has 5 rings (SSSR count). The van der Waals surface area contributed by atoms with Crippen LogP contribution in [0.15, 0.2) is 71.0 Å². The second-order valence-corrected chi connectivity index (χ2v) is 10.1. The Balaban J connectivity index is 1.46. The molecule has 0 amide bonds. The molecule has 0 radical (unpaired) electrons. The summed E-state index contributed by atoms with van der Waals surface area (Å²) in [6, 6.07) is 16.1. The maximum Gasteiger partial charge on any atom is 0.269 e. The lowest BCUT2D eigenvalue weighted by molar-refractivity contribution is -0.384. The zero-order valence-electron chi connectivity index (χ0n) is 18.3. The zero-order chi connectivity index (χ0) is 23.2. The number of nitro benzene ring substituents is 1. The number of rotatable bonds is 5. The molecule has 1 aliphatic carbocycles. The number of nitro groups is 1. The molecule has 2 aliphatic rings. The van der Waals surface area contributed by atoms with Gasteiger partial charge in [0.15, 0.2) is 5.78 Å². The molecule has 168 valence electrons. The van der Waals surface area contributed by atoms with Crippen LogP contribution in [0.5, 0.6) is 0 Å². The van der Waals surface area contributed by atoms with E-state index in [4.69, 9.17) is 10.1 Å². The van der Waals surface area contributed by atoms with E-state index < -0.39 is 4.92 Å². The fraction of sp³-hybridized carbons (Fsp3) is 0.292. The largest absolute Gasteiger partial charge is 0.328 e. The van der Waals surface area contributed by atoms with Crippen LogP contribution in [0, 0.1) is 15.5 Å². The molecule has 0 fully saturated rings. The van der Waals surface area contributed by atoms with E-state index in [2.05, 4.69) is 19.2 Å². The average Bonchev–Trinajstić information content (AvgIpc) is 3.18. The SMILES string of the molecule is CC1(C)CC(=O)C2=C(C1)Nc1nc(SCc3ccc([N+](=O)[O-])cc3)nn1[C@H]2c1ccccc1. The van der Waals surface area contributed by atoms with Gasteiger partial charge in [0.2, 0.25) is 11.1 Å². The highest BCUT2D eigenvalue weighted by molar-refractivity contribution is 7.98. The first-order valence-corrected chi connectivity index (χ1v) is 11.7. The van der Waals surface area contributed by atoms with Gasteiger partial charge in [-0.25, -0.2) is 4.68 Å². The molecule has 0 unspecified atom stereocenters. The number of anilines is 1. The summed E-state index contributed by atoms with van der Waals surface area (Å²) in [6.07, 6.45) is 1.28. The van der Waals surface area contributed by atoms with Gasteiger partial charge in [-0.05, 0) is 23.0 Å². The van der Waals surface area contributed by atoms with Gasteiger partial charge in [-0.1, -0.05) is 68.1 Å². The number of hydrogen-bond donors (Lipinski definition) is 1. The number of thioether (sulfide) groups is 1. The summed E-state index contributed by atoms with van der Waals surface area (Å²) >= 11 is 1.46. The van der Waals surface area contributed by atoms with Crippen molar-refractivity contribution in [2.24, 2.45) is 5.41 Å². The van der Waals surface area contributed by atoms with Crippen molar-refractivity contribution in [3.63, 3.8) is 0 Å². The summed E-state index contributed by atoms with van der Waals surface area (Å²) < 4.78 is 1.81. The van der Waals surface area contributed by atoms with Crippen molar-refractivity contribution >= 4 is 29.2 Å². The number of non-ortho nitro benzene ring substituents is 1. The summed E-state index contributed by atoms with van der Waals surface area (Å²) in [5.74, 6) is 1.35. The van der Waals surface area contributed by atoms with Crippen molar-refractivity contribution in [3.05, 3.63) is 87.1 Å². The summed E-state index contributed by atoms with van der Waals surface area (Å²) in [7, 11) is 0. The topological polar surface area (TPSA) is 103 Å². The van der Waals surface area contributed by atoms with E-state index in [9.17, 15) is 14.9 Å². The van der Waals surface area contributed by atoms with E-state index in [1.54, 1.807) is 12.1 Å². The van der Waals surface area contributed by atoms with Crippen LogP contribution < -0.4 is 5.32 Å². The third-order valence-electron chi connectivity index (χ3n) is 5.94. The van der Waals surface area contributed by atoms with Crippen molar-refractivity contribution in [3.8, 4) is 0 Å². The normalized spacial score (nSPS) is 19.0. The first kappa shape index (κ1) is 21.4. The van der Waals surface area contributed by atoms with Gasteiger partial charge in [0, 0.05) is 35.6 Å². The molecule has 3 aromatic rings. The molecule has 2 aromatic carbocycles. The highest BCUT2D eigenvalue weighted by Crippen LogP contribution is 2.45. The molecule has 2 heterocycles. The van der Waals surface area contributed by atoms with Crippen LogP contribution in [-0.2, 0) is 10.5 Å². The number of ketones is 1. The minimum Gasteiger partial charge on any atom is -0.328 e. The Bertz CT molecular complexity index is 1270. The number of benzene rings is 2. The smallest absolute Gasteiger partial charge is 0.269 e. The third-order valence-corrected chi connectivity index (χ3v) is 6.85. The molecule has 9 heteroatoms. The Morgan fingerprint density at radius 3 is 2.58 bits per heavy atom. The number of nitrogens with zero attached hydrogens (tertiary/aromatic N) is 4. The van der Waals surface area contributed by atoms with Crippen LogP contribution in [-0.4, -0.2) is 25.5 Å². The van der Waals surface area contributed by atoms with Crippen LogP contribution in [0.2, 0.25) is 0 Å². The summed E-state index contributed by atoms with van der Waals surface area (Å²) in [6.45, 7) is 4.22. The summed E-state index contributed by atoms with van der Waals surface area (Å²) in [4.78, 5) is 28.4. The van der Waals surface area contributed by atoms with Crippen LogP contribution in [0.4, 0.5) is 11.6 Å². The Labute approximate surface area is 195 Å². The standard InChI is InChI=1S/C24H23N5O3S/c1-24(2)12-18-20(19(30)13-24)21(16-6-4-3-5-7-16)28-22(25-18)26-23(27-28)33-14-15-8-10-17(11-9-15)29(31)32/h3-11,21H,12-14H2,1-2H3,(H,25,26,27)/t21-/m0/s1. The van der Waals surface area contributed by atoms with Gasteiger partial charge < -0.3 is 5.32 Å². The third kappa shape index (κ3) is 4.16. The van der Waals surface area contributed by atoms with Crippen LogP contribution in [0.25, 0.3) is 0 Å². The van der Waals surface area contributed by atoms with E-state index in [0.29, 0.717) is 23.3 Å². The van der Waals surface area contributed by atoms with Gasteiger partial charge >= 0.3 is 0 Å². The van der Waals surface area contributed by atoms with Gasteiger partial charge in [0.1, 0.15) is 6.04 Å². The van der Waals surface area contributed by atoms with Gasteiger partial charge in [0.05, 0.1) is 4.92 Å². The van der Waals surface area contributed by atoms with Crippen molar-refractivity contribution in [2.75, 3.05) is 5.32 Å². The van der Waals surface area contributed by atoms with Crippen LogP contribution in [0.3, 0.4) is 0 Å². The Morgan fingerprint density at radius 1 is 1.15 bits per heavy atom. The van der Waals surface area contributed by atoms with Gasteiger partial charge in [-0.3, -0.25) is 14.9 Å². The van der Waals surface area contributed by atoms with E-state index in [1.165, 1.54) is 23.9 Å². The number of fused-ring (bicyclic) bond motifs is 1. The van der Waals surface area contributed by atoms with E-state index in [0.717, 1.165) is 28.8 Å². The molecule has 8 nitrogen and oxygen atoms in total. The molecule has 0 bridgehead atoms. The molecule has 1 N–H and O–H groups in total. The number of allylic oxidation sites excluding steroid dienone is 2. The quantitative estimate of drug-likeness (QED) is 0.319. The van der Waals surface area contributed by atoms with Gasteiger partial charge in [-0.2, -0.15) is 4.98 Å². The number of hydrogen-bond acceptors (Lipinski definition) is 7. The number of carbonyl (C=O) groups is 1. The molecule has 33 heavy (non-hydrogen) atoms. The fourth-order valence-corrected chi connectivity index (χ4v) is 5.24. The molecular weight excluding hydrogens is 438 g/mol. The minimum absolute atomic E-state index is 0.0680. The fourth-order valence-electron chi connectivity index (χ4n) is 4.46. The number of carbonyl (C=O) groups excluding carboxylic acids is 1. The predicted molar refractivity (Wildman–Crippen MR) is 126 cm³/mol. The maximum absolute atomic E-state index is 13.2. The minimum atomic E-state index is -0.408. The summed E-state index contributed by atoms with van der Waals surface area (Å²) in [5.41, 5.74) is 3.60. The van der Waals surface area contributed by atoms with Gasteiger partial charge in [0.25, 0.3) is 5.69 Å². The first-order chi connectivity index (χ1) is 15.8. The Kier molecular flexibility index (Phi) is 5.28. The van der Waals surface area contributed by atoms with Crippen molar-refractivity contribution in [1.82, 2.24) is 14.8 Å². The highest BCUT2D eigenvalue weighted by Gasteiger charge is 2.41. The second kappa shape index (κ2) is 8.15. The molecule has 0 spiro atoms. The number of nitrogens with one attached hydrogen (secondary N) is 1. The first-order valence-electron chi connectivity index (χ1n) is 10.7. The van der Waals surface area contributed by atoms with Crippen molar-refractivity contribution in [2.45, 2.75) is 43.6 Å². The van der Waals surface area contributed by atoms with Crippen LogP contribution >= 0.6 is 11.8 Å². The maximum atomic E-state index is 13.2. The lowest BCUT2D eigenvalue weighted by Gasteiger charge is -2.38. The number of Topliss-reactive ketones (excluding diaryl/α,β-unsaturated/α-hetero) is 1. The highest BCUT2D eigenvalue weighted by atomic mass is 32.2. The molecular formula is C24H23N5O3S. The van der Waals surface area contributed by atoms with Gasteiger partial charge in [-0.15, -0.1) is 5.10 Å². The van der Waals surface area contributed by atoms with Crippen LogP contribution in [0.1, 0.15) is 43.9 Å². The van der Waals surface area contributed by atoms with Crippen molar-refractivity contribution < 1.29 is 9.72 Å². The molecule has 0 saturated heterocycles. The average molecular weight is 462 g/mol. The van der Waals surface area contributed by atoms with Crippen molar-refractivity contribution in [1.29, 1.82) is 0 Å². The second-order valence-electron chi connectivity index (χ2n) is 9.15. The molecule has 1 aliphatic heterocycles. The molecule has 1 aromatic heterocycles. The molecule has 1 atom stereocenters. The Morgan fingerprint density at radius 2 is 1.88 bits per heavy atom. The summed E-state index contributed by atoms with van der Waals surface area (Å²) in [5, 5.41) is 19.6. The molecule has 0 saturated carbocycles. The zero-order valence-corrected chi connectivity index (χ0v) is 19.1. The predicted octanol–water partition coefficient (Wildman–Crippen LogP) is 5.14. The Hall–Kier alpha value is -3.46. The monoisotopic (exact) mass is 461 g/mol.